The fourth-order valence-corrected chi connectivity index (χ4v) is 0.995. The van der Waals surface area contributed by atoms with Gasteiger partial charge in [0.1, 0.15) is 5.82 Å². The van der Waals surface area contributed by atoms with E-state index in [0.29, 0.717) is 5.82 Å². The smallest absolute Gasteiger partial charge is 0.128 e. The lowest BCUT2D eigenvalue weighted by Crippen LogP contribution is -2.31. The number of nitrogens with zero attached hydrogens (tertiary/aromatic N) is 1. The molecule has 4 heteroatoms. The van der Waals surface area contributed by atoms with Crippen LogP contribution in [-0.4, -0.2) is 11.0 Å². The minimum Gasteiger partial charge on any atom is -0.383 e. The summed E-state index contributed by atoms with van der Waals surface area (Å²) < 4.78 is 0. The van der Waals surface area contributed by atoms with E-state index in [1.807, 2.05) is 13.0 Å². The summed E-state index contributed by atoms with van der Waals surface area (Å²) in [6.45, 7) is 1.84. The van der Waals surface area contributed by atoms with Crippen molar-refractivity contribution >= 4 is 5.82 Å². The highest BCUT2D eigenvalue weighted by atomic mass is 14.9. The van der Waals surface area contributed by atoms with Gasteiger partial charge < -0.3 is 17.2 Å². The lowest BCUT2D eigenvalue weighted by Gasteiger charge is -2.16. The Morgan fingerprint density at radius 3 is 2.58 bits per heavy atom. The molecule has 6 N–H and O–H groups in total. The number of rotatable bonds is 2. The van der Waals surface area contributed by atoms with E-state index in [2.05, 4.69) is 4.98 Å². The van der Waals surface area contributed by atoms with Gasteiger partial charge in [-0.1, -0.05) is 6.07 Å². The maximum Gasteiger partial charge on any atom is 0.128 e. The van der Waals surface area contributed by atoms with Gasteiger partial charge in [-0.2, -0.15) is 0 Å². The van der Waals surface area contributed by atoms with Gasteiger partial charge in [0.2, 0.25) is 0 Å². The molecule has 1 aromatic heterocycles. The molecular formula is C8H14N4. The second kappa shape index (κ2) is 3.51. The average Bonchev–Trinajstić information content (AvgIpc) is 2.04. The topological polar surface area (TPSA) is 91.0 Å². The van der Waals surface area contributed by atoms with Crippen molar-refractivity contribution in [2.24, 2.45) is 11.5 Å². The highest BCUT2D eigenvalue weighted by Gasteiger charge is 2.13. The van der Waals surface area contributed by atoms with Crippen molar-refractivity contribution in [2.45, 2.75) is 19.0 Å². The molecule has 1 heterocycles. The van der Waals surface area contributed by atoms with E-state index in [4.69, 9.17) is 17.2 Å². The molecule has 2 atom stereocenters. The Morgan fingerprint density at radius 2 is 2.08 bits per heavy atom. The maximum absolute atomic E-state index is 5.79. The molecule has 0 saturated carbocycles. The molecule has 0 fully saturated rings. The van der Waals surface area contributed by atoms with Crippen molar-refractivity contribution in [2.75, 3.05) is 5.73 Å². The van der Waals surface area contributed by atoms with Crippen LogP contribution in [0.4, 0.5) is 5.82 Å². The summed E-state index contributed by atoms with van der Waals surface area (Å²) in [7, 11) is 0. The lowest BCUT2D eigenvalue weighted by atomic mass is 10.0. The quantitative estimate of drug-likeness (QED) is 0.577. The summed E-state index contributed by atoms with van der Waals surface area (Å²) in [5.74, 6) is 0.460. The molecule has 66 valence electrons. The fraction of sp³-hybridized carbons (Fsp3) is 0.375. The number of hydrogen-bond acceptors (Lipinski definition) is 4. The minimum atomic E-state index is -0.237. The van der Waals surface area contributed by atoms with Crippen LogP contribution in [0.3, 0.4) is 0 Å². The van der Waals surface area contributed by atoms with Crippen molar-refractivity contribution in [1.82, 2.24) is 4.98 Å². The first kappa shape index (κ1) is 8.96. The van der Waals surface area contributed by atoms with Crippen molar-refractivity contribution < 1.29 is 0 Å². The summed E-state index contributed by atoms with van der Waals surface area (Å²) in [5.41, 5.74) is 17.8. The number of pyridine rings is 1. The number of aromatic nitrogens is 1. The molecule has 0 spiro atoms. The molecule has 4 nitrogen and oxygen atoms in total. The van der Waals surface area contributed by atoms with Crippen LogP contribution in [0, 0.1) is 0 Å². The number of hydrogen-bond donors (Lipinski definition) is 3. The Hall–Kier alpha value is -1.13. The summed E-state index contributed by atoms with van der Waals surface area (Å²) in [6, 6.07) is 3.29. The first-order valence-electron chi connectivity index (χ1n) is 3.84. The normalized spacial score (nSPS) is 15.6. The Morgan fingerprint density at radius 1 is 1.42 bits per heavy atom. The maximum atomic E-state index is 5.79. The van der Waals surface area contributed by atoms with Gasteiger partial charge in [0.15, 0.2) is 0 Å². The highest BCUT2D eigenvalue weighted by Crippen LogP contribution is 2.17. The molecule has 12 heavy (non-hydrogen) atoms. The molecule has 0 amide bonds. The second-order valence-corrected chi connectivity index (χ2v) is 2.86. The third-order valence-corrected chi connectivity index (χ3v) is 1.80. The zero-order valence-corrected chi connectivity index (χ0v) is 7.07. The number of anilines is 1. The third-order valence-electron chi connectivity index (χ3n) is 1.80. The molecule has 0 aliphatic carbocycles. The molecule has 0 aromatic carbocycles. The number of nitrogens with two attached hydrogens (primary N) is 3. The van der Waals surface area contributed by atoms with Gasteiger partial charge in [0, 0.05) is 23.8 Å². The highest BCUT2D eigenvalue weighted by molar-refractivity contribution is 5.41. The van der Waals surface area contributed by atoms with E-state index in [9.17, 15) is 0 Å². The average molecular weight is 166 g/mol. The van der Waals surface area contributed by atoms with Gasteiger partial charge in [-0.05, 0) is 13.0 Å². The molecule has 0 bridgehead atoms. The van der Waals surface area contributed by atoms with Crippen LogP contribution in [-0.2, 0) is 0 Å². The molecule has 1 aromatic rings. The largest absolute Gasteiger partial charge is 0.383 e. The van der Waals surface area contributed by atoms with Gasteiger partial charge in [0.05, 0.1) is 0 Å². The lowest BCUT2D eigenvalue weighted by molar-refractivity contribution is 0.589. The monoisotopic (exact) mass is 166 g/mol. The molecule has 1 rings (SSSR count). The van der Waals surface area contributed by atoms with Gasteiger partial charge in [0.25, 0.3) is 0 Å². The van der Waals surface area contributed by atoms with Crippen molar-refractivity contribution in [1.29, 1.82) is 0 Å². The Labute approximate surface area is 71.8 Å². The van der Waals surface area contributed by atoms with E-state index < -0.39 is 0 Å². The first-order chi connectivity index (χ1) is 5.63. The van der Waals surface area contributed by atoms with Gasteiger partial charge in [-0.25, -0.2) is 4.98 Å². The van der Waals surface area contributed by atoms with Crippen LogP contribution >= 0.6 is 0 Å². The molecule has 0 unspecified atom stereocenters. The van der Waals surface area contributed by atoms with E-state index in [-0.39, 0.29) is 12.1 Å². The Kier molecular flexibility index (Phi) is 2.62. The van der Waals surface area contributed by atoms with Crippen LogP contribution in [0.15, 0.2) is 18.3 Å². The standard InChI is InChI=1S/C8H14N4/c1-5(9)7(10)6-3-2-4-12-8(6)11/h2-5,7H,9-10H2,1H3,(H2,11,12)/t5-,7+/m0/s1. The Bertz CT molecular complexity index is 259. The molecule has 0 radical (unpaired) electrons. The summed E-state index contributed by atoms with van der Waals surface area (Å²) in [6.07, 6.45) is 1.63. The van der Waals surface area contributed by atoms with Crippen molar-refractivity contribution in [3.05, 3.63) is 23.9 Å². The Balaban J connectivity index is 2.94. The van der Waals surface area contributed by atoms with Crippen molar-refractivity contribution in [3.8, 4) is 0 Å². The molecule has 0 aliphatic rings. The predicted octanol–water partition coefficient (Wildman–Crippen LogP) is 0.0108. The van der Waals surface area contributed by atoms with E-state index in [1.54, 1.807) is 12.3 Å². The van der Waals surface area contributed by atoms with Crippen molar-refractivity contribution in [3.63, 3.8) is 0 Å². The zero-order valence-electron chi connectivity index (χ0n) is 7.07. The van der Waals surface area contributed by atoms with Gasteiger partial charge >= 0.3 is 0 Å². The van der Waals surface area contributed by atoms with Gasteiger partial charge in [-0.3, -0.25) is 0 Å². The second-order valence-electron chi connectivity index (χ2n) is 2.86. The van der Waals surface area contributed by atoms with E-state index in [0.717, 1.165) is 5.56 Å². The fourth-order valence-electron chi connectivity index (χ4n) is 0.995. The zero-order chi connectivity index (χ0) is 9.14. The van der Waals surface area contributed by atoms with Gasteiger partial charge in [-0.15, -0.1) is 0 Å². The first-order valence-corrected chi connectivity index (χ1v) is 3.84. The van der Waals surface area contributed by atoms with Crippen LogP contribution in [0.2, 0.25) is 0 Å². The minimum absolute atomic E-state index is 0.114. The summed E-state index contributed by atoms with van der Waals surface area (Å²) in [5, 5.41) is 0. The van der Waals surface area contributed by atoms with Crippen LogP contribution in [0.1, 0.15) is 18.5 Å². The molecule has 0 saturated heterocycles. The SMILES string of the molecule is C[C@H](N)[C@@H](N)c1cccnc1N. The third kappa shape index (κ3) is 1.72. The van der Waals surface area contributed by atoms with E-state index in [1.165, 1.54) is 0 Å². The predicted molar refractivity (Wildman–Crippen MR) is 49.2 cm³/mol. The molecule has 0 aliphatic heterocycles. The molecular weight excluding hydrogens is 152 g/mol. The van der Waals surface area contributed by atoms with Crippen LogP contribution < -0.4 is 17.2 Å². The van der Waals surface area contributed by atoms with Crippen LogP contribution in [0.5, 0.6) is 0 Å². The summed E-state index contributed by atoms with van der Waals surface area (Å²) >= 11 is 0. The number of nitrogen functional groups attached to an aromatic ring is 1. The summed E-state index contributed by atoms with van der Waals surface area (Å²) in [4.78, 5) is 3.92. The van der Waals surface area contributed by atoms with Crippen LogP contribution in [0.25, 0.3) is 0 Å². The van der Waals surface area contributed by atoms with E-state index >= 15 is 0 Å².